The summed E-state index contributed by atoms with van der Waals surface area (Å²) in [5.41, 5.74) is 2.24. The Bertz CT molecular complexity index is 792. The van der Waals surface area contributed by atoms with Gasteiger partial charge in [-0.15, -0.1) is 0 Å². The van der Waals surface area contributed by atoms with Gasteiger partial charge in [0.2, 0.25) is 0 Å². The highest BCUT2D eigenvalue weighted by Gasteiger charge is 2.08. The topological polar surface area (TPSA) is 88.7 Å². The predicted molar refractivity (Wildman–Crippen MR) is 107 cm³/mol. The number of hydrogen-bond acceptors (Lipinski definition) is 5. The maximum absolute atomic E-state index is 11.9. The molecular weight excluding hydrogens is 366 g/mol. The average Bonchev–Trinajstić information content (AvgIpc) is 2.71. The summed E-state index contributed by atoms with van der Waals surface area (Å²) in [6.45, 7) is 0.401. The third kappa shape index (κ3) is 6.59. The molecule has 0 saturated carbocycles. The largest absolute Gasteiger partial charge is 0.497 e. The Morgan fingerprint density at radius 1 is 0.963 bits per heavy atom. The van der Waals surface area contributed by atoms with Gasteiger partial charge in [0.1, 0.15) is 12.3 Å². The smallest absolute Gasteiger partial charge is 0.325 e. The fourth-order valence-electron chi connectivity index (χ4n) is 2.13. The Labute approximate surface area is 163 Å². The molecule has 0 spiro atoms. The summed E-state index contributed by atoms with van der Waals surface area (Å²) in [6, 6.07) is 14.4. The molecule has 142 valence electrons. The van der Waals surface area contributed by atoms with Crippen molar-refractivity contribution in [2.24, 2.45) is 0 Å². The van der Waals surface area contributed by atoms with Gasteiger partial charge in [0.15, 0.2) is 5.11 Å². The van der Waals surface area contributed by atoms with Crippen LogP contribution in [0.1, 0.15) is 15.9 Å². The first-order valence-electron chi connectivity index (χ1n) is 8.14. The molecule has 1 amide bonds. The lowest BCUT2D eigenvalue weighted by Crippen LogP contribution is -2.30. The van der Waals surface area contributed by atoms with Crippen molar-refractivity contribution in [2.75, 3.05) is 26.1 Å². The summed E-state index contributed by atoms with van der Waals surface area (Å²) >= 11 is 5.27. The van der Waals surface area contributed by atoms with Crippen molar-refractivity contribution in [3.8, 4) is 5.75 Å². The minimum Gasteiger partial charge on any atom is -0.497 e. The number of thiocarbonyl (C=S) groups is 1. The molecule has 2 rings (SSSR count). The van der Waals surface area contributed by atoms with E-state index in [-0.39, 0.29) is 12.5 Å². The highest BCUT2D eigenvalue weighted by Crippen LogP contribution is 2.12. The van der Waals surface area contributed by atoms with Gasteiger partial charge in [-0.2, -0.15) is 0 Å². The van der Waals surface area contributed by atoms with Gasteiger partial charge in [-0.1, -0.05) is 12.1 Å². The average molecular weight is 387 g/mol. The van der Waals surface area contributed by atoms with Crippen LogP contribution in [0.4, 0.5) is 5.69 Å². The molecule has 7 nitrogen and oxygen atoms in total. The fraction of sp³-hybridized carbons (Fsp3) is 0.211. The number of amides is 1. The molecule has 0 aliphatic heterocycles. The molecular formula is C19H21N3O4S. The number of anilines is 1. The summed E-state index contributed by atoms with van der Waals surface area (Å²) in [7, 11) is 2.89. The molecule has 0 saturated heterocycles. The first-order chi connectivity index (χ1) is 13.0. The van der Waals surface area contributed by atoms with Gasteiger partial charge >= 0.3 is 5.97 Å². The zero-order chi connectivity index (χ0) is 19.6. The summed E-state index contributed by atoms with van der Waals surface area (Å²) in [6.07, 6.45) is 0. The van der Waals surface area contributed by atoms with E-state index in [9.17, 15) is 9.59 Å². The lowest BCUT2D eigenvalue weighted by Gasteiger charge is -2.11. The van der Waals surface area contributed by atoms with Crippen LogP contribution in [0.2, 0.25) is 0 Å². The Morgan fingerprint density at radius 3 is 2.22 bits per heavy atom. The first-order valence-corrected chi connectivity index (χ1v) is 8.55. The molecule has 0 atom stereocenters. The number of hydrogen-bond donors (Lipinski definition) is 3. The van der Waals surface area contributed by atoms with Crippen LogP contribution in [0.3, 0.4) is 0 Å². The monoisotopic (exact) mass is 387 g/mol. The third-order valence-electron chi connectivity index (χ3n) is 3.64. The van der Waals surface area contributed by atoms with Crippen LogP contribution in [0.15, 0.2) is 48.5 Å². The number of ether oxygens (including phenoxy) is 2. The number of benzene rings is 2. The van der Waals surface area contributed by atoms with E-state index in [1.807, 2.05) is 24.3 Å². The van der Waals surface area contributed by atoms with Crippen molar-refractivity contribution >= 4 is 34.9 Å². The van der Waals surface area contributed by atoms with Crippen LogP contribution >= 0.6 is 12.2 Å². The lowest BCUT2D eigenvalue weighted by atomic mass is 10.2. The fourth-order valence-corrected chi connectivity index (χ4v) is 2.32. The van der Waals surface area contributed by atoms with Crippen molar-refractivity contribution < 1.29 is 19.1 Å². The van der Waals surface area contributed by atoms with Crippen LogP contribution in [-0.2, 0) is 16.1 Å². The van der Waals surface area contributed by atoms with Crippen LogP contribution in [0.5, 0.6) is 5.75 Å². The van der Waals surface area contributed by atoms with Crippen molar-refractivity contribution in [2.45, 2.75) is 6.54 Å². The van der Waals surface area contributed by atoms with Crippen molar-refractivity contribution in [1.29, 1.82) is 0 Å². The minimum absolute atomic E-state index is 0.172. The molecule has 0 fully saturated rings. The van der Waals surface area contributed by atoms with Gasteiger partial charge in [-0.25, -0.2) is 0 Å². The van der Waals surface area contributed by atoms with Gasteiger partial charge in [0.25, 0.3) is 5.91 Å². The van der Waals surface area contributed by atoms with E-state index in [1.165, 1.54) is 7.11 Å². The van der Waals surface area contributed by atoms with Crippen LogP contribution < -0.4 is 20.7 Å². The highest BCUT2D eigenvalue weighted by atomic mass is 32.1. The molecule has 27 heavy (non-hydrogen) atoms. The SMILES string of the molecule is COC(=O)CNC(=O)c1ccc(NC(=S)NCc2ccc(OC)cc2)cc1. The number of methoxy groups -OCH3 is 2. The molecule has 0 bridgehead atoms. The molecule has 0 aliphatic carbocycles. The molecule has 2 aromatic rings. The van der Waals surface area contributed by atoms with Crippen molar-refractivity contribution in [3.05, 3.63) is 59.7 Å². The quantitative estimate of drug-likeness (QED) is 0.495. The van der Waals surface area contributed by atoms with Crippen LogP contribution in [0, 0.1) is 0 Å². The van der Waals surface area contributed by atoms with E-state index in [0.29, 0.717) is 17.2 Å². The second-order valence-corrected chi connectivity index (χ2v) is 5.90. The van der Waals surface area contributed by atoms with Crippen LogP contribution in [0.25, 0.3) is 0 Å². The normalized spacial score (nSPS) is 9.85. The summed E-state index contributed by atoms with van der Waals surface area (Å²) in [4.78, 5) is 23.0. The van der Waals surface area contributed by atoms with E-state index in [1.54, 1.807) is 31.4 Å². The van der Waals surface area contributed by atoms with Crippen molar-refractivity contribution in [3.63, 3.8) is 0 Å². The number of carbonyl (C=O) groups is 2. The molecule has 3 N–H and O–H groups in total. The number of rotatable bonds is 7. The van der Waals surface area contributed by atoms with Gasteiger partial charge < -0.3 is 25.4 Å². The van der Waals surface area contributed by atoms with Crippen LogP contribution in [-0.4, -0.2) is 37.8 Å². The minimum atomic E-state index is -0.505. The number of nitrogens with one attached hydrogen (secondary N) is 3. The highest BCUT2D eigenvalue weighted by molar-refractivity contribution is 7.80. The predicted octanol–water partition coefficient (Wildman–Crippen LogP) is 2.08. The van der Waals surface area contributed by atoms with E-state index in [4.69, 9.17) is 17.0 Å². The Kier molecular flexibility index (Phi) is 7.57. The van der Waals surface area contributed by atoms with Gasteiger partial charge in [0, 0.05) is 17.8 Å². The summed E-state index contributed by atoms with van der Waals surface area (Å²) in [5, 5.41) is 9.10. The van der Waals surface area contributed by atoms with Gasteiger partial charge in [-0.3, -0.25) is 9.59 Å². The molecule has 0 radical (unpaired) electrons. The maximum Gasteiger partial charge on any atom is 0.325 e. The third-order valence-corrected chi connectivity index (χ3v) is 3.88. The Balaban J connectivity index is 1.81. The molecule has 0 aromatic heterocycles. The van der Waals surface area contributed by atoms with E-state index in [0.717, 1.165) is 17.0 Å². The van der Waals surface area contributed by atoms with E-state index < -0.39 is 5.97 Å². The molecule has 0 aliphatic rings. The standard InChI is InChI=1S/C19H21N3O4S/c1-25-16-9-3-13(4-10-16)11-21-19(27)22-15-7-5-14(6-8-15)18(24)20-12-17(23)26-2/h3-10H,11-12H2,1-2H3,(H,20,24)(H2,21,22,27). The van der Waals surface area contributed by atoms with Gasteiger partial charge in [-0.05, 0) is 54.2 Å². The van der Waals surface area contributed by atoms with Gasteiger partial charge in [0.05, 0.1) is 14.2 Å². The second kappa shape index (κ2) is 10.1. The lowest BCUT2D eigenvalue weighted by molar-refractivity contribution is -0.139. The zero-order valence-electron chi connectivity index (χ0n) is 15.1. The summed E-state index contributed by atoms with van der Waals surface area (Å²) in [5.74, 6) is -0.0581. The first kappa shape index (κ1) is 20.2. The zero-order valence-corrected chi connectivity index (χ0v) is 15.9. The second-order valence-electron chi connectivity index (χ2n) is 5.49. The molecule has 0 heterocycles. The number of carbonyl (C=O) groups excluding carboxylic acids is 2. The molecule has 2 aromatic carbocycles. The molecule has 8 heteroatoms. The van der Waals surface area contributed by atoms with E-state index >= 15 is 0 Å². The Morgan fingerprint density at radius 2 is 1.63 bits per heavy atom. The number of esters is 1. The summed E-state index contributed by atoms with van der Waals surface area (Å²) < 4.78 is 9.60. The molecule has 0 unspecified atom stereocenters. The van der Waals surface area contributed by atoms with Crippen molar-refractivity contribution in [1.82, 2.24) is 10.6 Å². The maximum atomic E-state index is 11.9. The van der Waals surface area contributed by atoms with E-state index in [2.05, 4.69) is 20.7 Å². The Hall–Kier alpha value is -3.13.